The van der Waals surface area contributed by atoms with E-state index in [1.165, 1.54) is 17.7 Å². The Hall–Kier alpha value is -1.10. The average molecular weight is 228 g/mol. The first kappa shape index (κ1) is 13.0. The van der Waals surface area contributed by atoms with Crippen LogP contribution in [-0.4, -0.2) is 47.6 Å². The summed E-state index contributed by atoms with van der Waals surface area (Å²) in [4.78, 5) is 23.8. The average Bonchev–Trinajstić information content (AvgIpc) is 2.68. The number of hydrogen-bond acceptors (Lipinski definition) is 3. The fourth-order valence-electron chi connectivity index (χ4n) is 1.90. The molecule has 0 spiro atoms. The van der Waals surface area contributed by atoms with Gasteiger partial charge in [-0.3, -0.25) is 14.5 Å². The lowest BCUT2D eigenvalue weighted by atomic mass is 10.2. The minimum Gasteiger partial charge on any atom is -0.480 e. The van der Waals surface area contributed by atoms with Gasteiger partial charge in [0.15, 0.2) is 0 Å². The van der Waals surface area contributed by atoms with E-state index in [1.807, 2.05) is 0 Å². The Morgan fingerprint density at radius 3 is 2.50 bits per heavy atom. The number of aliphatic carboxylic acids is 1. The highest BCUT2D eigenvalue weighted by atomic mass is 16.4. The zero-order valence-electron chi connectivity index (χ0n) is 9.90. The molecular weight excluding hydrogens is 208 g/mol. The Kier molecular flexibility index (Phi) is 4.73. The first-order valence-corrected chi connectivity index (χ1v) is 5.73. The van der Waals surface area contributed by atoms with Crippen LogP contribution in [0.25, 0.3) is 0 Å². The van der Waals surface area contributed by atoms with Crippen molar-refractivity contribution in [3.63, 3.8) is 0 Å². The first-order valence-electron chi connectivity index (χ1n) is 5.73. The number of nitrogens with one attached hydrogen (secondary N) is 1. The molecule has 1 rings (SSSR count). The molecule has 1 aliphatic rings. The van der Waals surface area contributed by atoms with Crippen molar-refractivity contribution < 1.29 is 14.7 Å². The fraction of sp³-hybridized carbons (Fsp3) is 0.818. The second-order valence-corrected chi connectivity index (χ2v) is 4.48. The summed E-state index contributed by atoms with van der Waals surface area (Å²) in [5.74, 6) is -0.987. The van der Waals surface area contributed by atoms with Crippen LogP contribution in [0.3, 0.4) is 0 Å². The van der Waals surface area contributed by atoms with Gasteiger partial charge in [0.05, 0.1) is 6.54 Å². The van der Waals surface area contributed by atoms with E-state index in [1.54, 1.807) is 14.0 Å². The van der Waals surface area contributed by atoms with E-state index in [-0.39, 0.29) is 12.5 Å². The van der Waals surface area contributed by atoms with Crippen molar-refractivity contribution in [3.05, 3.63) is 0 Å². The second-order valence-electron chi connectivity index (χ2n) is 4.48. The summed E-state index contributed by atoms with van der Waals surface area (Å²) in [5.41, 5.74) is 0. The molecule has 0 aromatic heterocycles. The molecule has 1 fully saturated rings. The number of hydrogen-bond donors (Lipinski definition) is 2. The van der Waals surface area contributed by atoms with Crippen LogP contribution in [0, 0.1) is 0 Å². The summed E-state index contributed by atoms with van der Waals surface area (Å²) in [6.45, 7) is 1.72. The largest absolute Gasteiger partial charge is 0.480 e. The molecule has 0 aromatic rings. The molecule has 16 heavy (non-hydrogen) atoms. The molecule has 1 atom stereocenters. The lowest BCUT2D eigenvalue weighted by molar-refractivity contribution is -0.142. The number of rotatable bonds is 5. The smallest absolute Gasteiger partial charge is 0.320 e. The molecule has 1 amide bonds. The molecule has 5 nitrogen and oxygen atoms in total. The highest BCUT2D eigenvalue weighted by Gasteiger charge is 2.21. The van der Waals surface area contributed by atoms with Crippen LogP contribution in [0.15, 0.2) is 0 Å². The third kappa shape index (κ3) is 3.81. The number of amides is 1. The Morgan fingerprint density at radius 2 is 2.00 bits per heavy atom. The predicted molar refractivity (Wildman–Crippen MR) is 60.1 cm³/mol. The van der Waals surface area contributed by atoms with Crippen LogP contribution < -0.4 is 5.32 Å². The first-order chi connectivity index (χ1) is 7.50. The molecule has 1 unspecified atom stereocenters. The number of carbonyl (C=O) groups excluding carboxylic acids is 1. The SMILES string of the molecule is CC(C(=O)O)N(C)CC(=O)NC1CCCC1. The molecule has 1 saturated carbocycles. The number of carboxylic acids is 1. The van der Waals surface area contributed by atoms with Gasteiger partial charge in [0.1, 0.15) is 6.04 Å². The van der Waals surface area contributed by atoms with Crippen LogP contribution >= 0.6 is 0 Å². The van der Waals surface area contributed by atoms with Gasteiger partial charge in [0.2, 0.25) is 5.91 Å². The van der Waals surface area contributed by atoms with Gasteiger partial charge in [-0.05, 0) is 26.8 Å². The normalized spacial score (nSPS) is 18.7. The van der Waals surface area contributed by atoms with Gasteiger partial charge >= 0.3 is 5.97 Å². The lowest BCUT2D eigenvalue weighted by Gasteiger charge is -2.21. The van der Waals surface area contributed by atoms with E-state index in [0.717, 1.165) is 12.8 Å². The molecule has 1 aliphatic carbocycles. The number of carbonyl (C=O) groups is 2. The minimum absolute atomic E-state index is 0.0810. The summed E-state index contributed by atoms with van der Waals surface area (Å²) in [5, 5.41) is 11.7. The third-order valence-corrected chi connectivity index (χ3v) is 3.13. The van der Waals surface area contributed by atoms with E-state index < -0.39 is 12.0 Å². The summed E-state index contributed by atoms with van der Waals surface area (Å²) < 4.78 is 0. The molecule has 0 saturated heterocycles. The Morgan fingerprint density at radius 1 is 1.44 bits per heavy atom. The maximum Gasteiger partial charge on any atom is 0.320 e. The molecule has 0 radical (unpaired) electrons. The maximum atomic E-state index is 11.6. The summed E-state index contributed by atoms with van der Waals surface area (Å²) in [6, 6.07) is -0.338. The summed E-state index contributed by atoms with van der Waals surface area (Å²) >= 11 is 0. The quantitative estimate of drug-likeness (QED) is 0.717. The molecule has 92 valence electrons. The molecule has 5 heteroatoms. The van der Waals surface area contributed by atoms with E-state index in [0.29, 0.717) is 6.04 Å². The van der Waals surface area contributed by atoms with Crippen molar-refractivity contribution in [2.75, 3.05) is 13.6 Å². The van der Waals surface area contributed by atoms with Gasteiger partial charge in [-0.25, -0.2) is 0 Å². The Labute approximate surface area is 95.8 Å². The molecule has 0 bridgehead atoms. The van der Waals surface area contributed by atoms with Gasteiger partial charge in [-0.15, -0.1) is 0 Å². The highest BCUT2D eigenvalue weighted by Crippen LogP contribution is 2.17. The van der Waals surface area contributed by atoms with Crippen LogP contribution in [0.4, 0.5) is 0 Å². The zero-order valence-corrected chi connectivity index (χ0v) is 9.90. The van der Waals surface area contributed by atoms with Crippen molar-refractivity contribution >= 4 is 11.9 Å². The molecule has 0 aromatic carbocycles. The van der Waals surface area contributed by atoms with E-state index >= 15 is 0 Å². The van der Waals surface area contributed by atoms with Gasteiger partial charge in [-0.1, -0.05) is 12.8 Å². The minimum atomic E-state index is -0.906. The molecular formula is C11H20N2O3. The molecule has 2 N–H and O–H groups in total. The summed E-state index contributed by atoms with van der Waals surface area (Å²) in [7, 11) is 1.65. The van der Waals surface area contributed by atoms with Crippen LogP contribution in [0.2, 0.25) is 0 Å². The van der Waals surface area contributed by atoms with E-state index in [2.05, 4.69) is 5.32 Å². The van der Waals surface area contributed by atoms with Crippen molar-refractivity contribution in [1.29, 1.82) is 0 Å². The van der Waals surface area contributed by atoms with Gasteiger partial charge in [-0.2, -0.15) is 0 Å². The van der Waals surface area contributed by atoms with Crippen molar-refractivity contribution in [3.8, 4) is 0 Å². The molecule has 0 aliphatic heterocycles. The van der Waals surface area contributed by atoms with Crippen molar-refractivity contribution in [1.82, 2.24) is 10.2 Å². The topological polar surface area (TPSA) is 69.6 Å². The standard InChI is InChI=1S/C11H20N2O3/c1-8(11(15)16)13(2)7-10(14)12-9-5-3-4-6-9/h8-9H,3-7H2,1-2H3,(H,12,14)(H,15,16). The lowest BCUT2D eigenvalue weighted by Crippen LogP contribution is -2.44. The monoisotopic (exact) mass is 228 g/mol. The van der Waals surface area contributed by atoms with Crippen molar-refractivity contribution in [2.24, 2.45) is 0 Å². The molecule has 0 heterocycles. The van der Waals surface area contributed by atoms with Crippen molar-refractivity contribution in [2.45, 2.75) is 44.7 Å². The van der Waals surface area contributed by atoms with Crippen LogP contribution in [-0.2, 0) is 9.59 Å². The highest BCUT2D eigenvalue weighted by molar-refractivity contribution is 5.80. The summed E-state index contributed by atoms with van der Waals surface area (Å²) in [6.07, 6.45) is 4.44. The predicted octanol–water partition coefficient (Wildman–Crippen LogP) is 0.450. The maximum absolute atomic E-state index is 11.6. The number of likely N-dealkylation sites (N-methyl/N-ethyl adjacent to an activating group) is 1. The second kappa shape index (κ2) is 5.84. The van der Waals surface area contributed by atoms with E-state index in [4.69, 9.17) is 5.11 Å². The zero-order chi connectivity index (χ0) is 12.1. The Bertz CT molecular complexity index is 262. The van der Waals surface area contributed by atoms with Gasteiger partial charge in [0, 0.05) is 6.04 Å². The van der Waals surface area contributed by atoms with Crippen LogP contribution in [0.5, 0.6) is 0 Å². The van der Waals surface area contributed by atoms with Gasteiger partial charge < -0.3 is 10.4 Å². The Balaban J connectivity index is 2.29. The van der Waals surface area contributed by atoms with Gasteiger partial charge in [0.25, 0.3) is 0 Å². The number of carboxylic acid groups (broad SMARTS) is 1. The third-order valence-electron chi connectivity index (χ3n) is 3.13. The number of nitrogens with zero attached hydrogens (tertiary/aromatic N) is 1. The van der Waals surface area contributed by atoms with Crippen LogP contribution in [0.1, 0.15) is 32.6 Å². The fourth-order valence-corrected chi connectivity index (χ4v) is 1.90. The van der Waals surface area contributed by atoms with E-state index in [9.17, 15) is 9.59 Å².